The average Bonchev–Trinajstić information content (AvgIpc) is 2.56. The number of hydrogen-bond donors (Lipinski definition) is 2. The monoisotopic (exact) mass is 324 g/mol. The lowest BCUT2D eigenvalue weighted by atomic mass is 9.59. The third kappa shape index (κ3) is 3.28. The van der Waals surface area contributed by atoms with Crippen LogP contribution < -0.4 is 0 Å². The molecule has 24 heavy (non-hydrogen) atoms. The third-order valence-corrected chi connectivity index (χ3v) is 5.95. The van der Waals surface area contributed by atoms with Crippen LogP contribution in [0, 0.1) is 11.8 Å². The van der Waals surface area contributed by atoms with Crippen molar-refractivity contribution in [1.82, 2.24) is 0 Å². The summed E-state index contributed by atoms with van der Waals surface area (Å²) < 4.78 is 0. The molecule has 1 aliphatic rings. The molecule has 0 saturated heterocycles. The zero-order chi connectivity index (χ0) is 17.3. The lowest BCUT2D eigenvalue weighted by Crippen LogP contribution is -2.36. The van der Waals surface area contributed by atoms with E-state index in [-0.39, 0.29) is 5.41 Å². The van der Waals surface area contributed by atoms with Crippen molar-refractivity contribution in [2.45, 2.75) is 51.4 Å². The highest BCUT2D eigenvalue weighted by Gasteiger charge is 2.40. The van der Waals surface area contributed by atoms with Crippen LogP contribution in [0.25, 0.3) is 0 Å². The Kier molecular flexibility index (Phi) is 4.58. The van der Waals surface area contributed by atoms with Crippen LogP contribution in [0.1, 0.15) is 57.1 Å². The van der Waals surface area contributed by atoms with Crippen LogP contribution in [0.4, 0.5) is 0 Å². The Morgan fingerprint density at radius 1 is 0.917 bits per heavy atom. The molecule has 3 atom stereocenters. The second kappa shape index (κ2) is 6.51. The molecule has 0 bridgehead atoms. The summed E-state index contributed by atoms with van der Waals surface area (Å²) in [5.41, 5.74) is 2.84. The predicted octanol–water partition coefficient (Wildman–Crippen LogP) is 5.60. The van der Waals surface area contributed by atoms with Crippen molar-refractivity contribution >= 4 is 0 Å². The molecule has 128 valence electrons. The fraction of sp³-hybridized carbons (Fsp3) is 0.455. The van der Waals surface area contributed by atoms with E-state index < -0.39 is 0 Å². The predicted molar refractivity (Wildman–Crippen MR) is 98.5 cm³/mol. The molecule has 0 amide bonds. The van der Waals surface area contributed by atoms with Crippen molar-refractivity contribution in [2.24, 2.45) is 11.8 Å². The van der Waals surface area contributed by atoms with Gasteiger partial charge in [-0.15, -0.1) is 0 Å². The molecule has 3 unspecified atom stereocenters. The molecule has 0 spiro atoms. The Bertz CT molecular complexity index is 672. The smallest absolute Gasteiger partial charge is 0.115 e. The van der Waals surface area contributed by atoms with Gasteiger partial charge in [-0.1, -0.05) is 45.0 Å². The molecule has 2 aromatic carbocycles. The molecule has 2 N–H and O–H groups in total. The van der Waals surface area contributed by atoms with Gasteiger partial charge in [0.05, 0.1) is 0 Å². The van der Waals surface area contributed by atoms with Gasteiger partial charge in [0.1, 0.15) is 11.5 Å². The van der Waals surface area contributed by atoms with E-state index in [1.807, 2.05) is 0 Å². The highest BCUT2D eigenvalue weighted by Crippen LogP contribution is 2.50. The third-order valence-electron chi connectivity index (χ3n) is 5.95. The van der Waals surface area contributed by atoms with Crippen LogP contribution in [0.15, 0.2) is 48.5 Å². The highest BCUT2D eigenvalue weighted by molar-refractivity contribution is 5.34. The van der Waals surface area contributed by atoms with Gasteiger partial charge in [-0.25, -0.2) is 0 Å². The minimum Gasteiger partial charge on any atom is -0.508 e. The van der Waals surface area contributed by atoms with E-state index >= 15 is 0 Å². The summed E-state index contributed by atoms with van der Waals surface area (Å²) in [5, 5.41) is 19.1. The SMILES string of the molecule is CC(C)C1CC(C)(c2ccc(O)cc2)CCC1c1ccc(O)cc1. The molecule has 2 aromatic rings. The fourth-order valence-corrected chi connectivity index (χ4v) is 4.41. The molecule has 0 aliphatic heterocycles. The summed E-state index contributed by atoms with van der Waals surface area (Å²) in [5.74, 6) is 2.45. The van der Waals surface area contributed by atoms with E-state index in [1.165, 1.54) is 11.1 Å². The van der Waals surface area contributed by atoms with Crippen LogP contribution in [0.5, 0.6) is 11.5 Å². The van der Waals surface area contributed by atoms with Crippen LogP contribution in [0.2, 0.25) is 0 Å². The molecule has 0 radical (unpaired) electrons. The molecule has 0 heterocycles. The van der Waals surface area contributed by atoms with Gasteiger partial charge >= 0.3 is 0 Å². The first kappa shape index (κ1) is 16.9. The van der Waals surface area contributed by atoms with E-state index in [1.54, 1.807) is 24.3 Å². The first-order chi connectivity index (χ1) is 11.4. The molecule has 1 fully saturated rings. The number of aromatic hydroxyl groups is 2. The van der Waals surface area contributed by atoms with Crippen LogP contribution in [0.3, 0.4) is 0 Å². The van der Waals surface area contributed by atoms with Crippen molar-refractivity contribution in [2.75, 3.05) is 0 Å². The molecule has 3 rings (SSSR count). The number of hydrogen-bond acceptors (Lipinski definition) is 2. The molecule has 2 heteroatoms. The van der Waals surface area contributed by atoms with E-state index in [0.717, 1.165) is 19.3 Å². The summed E-state index contributed by atoms with van der Waals surface area (Å²) in [7, 11) is 0. The Morgan fingerprint density at radius 2 is 1.46 bits per heavy atom. The summed E-state index contributed by atoms with van der Waals surface area (Å²) in [6.07, 6.45) is 3.46. The maximum absolute atomic E-state index is 9.57. The Balaban J connectivity index is 1.87. The number of phenols is 2. The number of phenolic OH excluding ortho intramolecular Hbond substituents is 2. The second-order valence-electron chi connectivity index (χ2n) is 7.96. The van der Waals surface area contributed by atoms with Gasteiger partial charge in [0.15, 0.2) is 0 Å². The molecule has 1 aliphatic carbocycles. The molecular formula is C22H28O2. The maximum Gasteiger partial charge on any atom is 0.115 e. The van der Waals surface area contributed by atoms with Gasteiger partial charge < -0.3 is 10.2 Å². The van der Waals surface area contributed by atoms with Crippen molar-refractivity contribution in [3.63, 3.8) is 0 Å². The topological polar surface area (TPSA) is 40.5 Å². The van der Waals surface area contributed by atoms with E-state index in [2.05, 4.69) is 45.0 Å². The van der Waals surface area contributed by atoms with Crippen LogP contribution in [-0.4, -0.2) is 10.2 Å². The minimum absolute atomic E-state index is 0.163. The van der Waals surface area contributed by atoms with Gasteiger partial charge in [-0.2, -0.15) is 0 Å². The Morgan fingerprint density at radius 3 is 2.00 bits per heavy atom. The van der Waals surface area contributed by atoms with Crippen molar-refractivity contribution in [3.05, 3.63) is 59.7 Å². The molecular weight excluding hydrogens is 296 g/mol. The Hall–Kier alpha value is -1.96. The zero-order valence-corrected chi connectivity index (χ0v) is 14.9. The van der Waals surface area contributed by atoms with Gasteiger partial charge in [0, 0.05) is 0 Å². The summed E-state index contributed by atoms with van der Waals surface area (Å²) in [6.45, 7) is 7.00. The molecule has 0 aromatic heterocycles. The maximum atomic E-state index is 9.57. The highest BCUT2D eigenvalue weighted by atomic mass is 16.3. The molecule has 2 nitrogen and oxygen atoms in total. The first-order valence-electron chi connectivity index (χ1n) is 8.97. The lowest BCUT2D eigenvalue weighted by molar-refractivity contribution is 0.163. The van der Waals surface area contributed by atoms with E-state index in [0.29, 0.717) is 29.3 Å². The van der Waals surface area contributed by atoms with Crippen molar-refractivity contribution < 1.29 is 10.2 Å². The minimum atomic E-state index is 0.163. The van der Waals surface area contributed by atoms with Gasteiger partial charge in [-0.3, -0.25) is 0 Å². The fourth-order valence-electron chi connectivity index (χ4n) is 4.41. The van der Waals surface area contributed by atoms with Gasteiger partial charge in [-0.05, 0) is 77.8 Å². The van der Waals surface area contributed by atoms with E-state index in [4.69, 9.17) is 0 Å². The number of benzene rings is 2. The van der Waals surface area contributed by atoms with E-state index in [9.17, 15) is 10.2 Å². The average molecular weight is 324 g/mol. The zero-order valence-electron chi connectivity index (χ0n) is 14.9. The summed E-state index contributed by atoms with van der Waals surface area (Å²) in [6, 6.07) is 15.5. The number of rotatable bonds is 3. The van der Waals surface area contributed by atoms with Gasteiger partial charge in [0.25, 0.3) is 0 Å². The van der Waals surface area contributed by atoms with Gasteiger partial charge in [0.2, 0.25) is 0 Å². The Labute approximate surface area is 145 Å². The second-order valence-corrected chi connectivity index (χ2v) is 7.96. The van der Waals surface area contributed by atoms with Crippen molar-refractivity contribution in [3.8, 4) is 11.5 Å². The normalized spacial score (nSPS) is 27.3. The lowest BCUT2D eigenvalue weighted by Gasteiger charge is -2.45. The van der Waals surface area contributed by atoms with Crippen LogP contribution in [-0.2, 0) is 5.41 Å². The summed E-state index contributed by atoms with van der Waals surface area (Å²) in [4.78, 5) is 0. The molecule has 1 saturated carbocycles. The summed E-state index contributed by atoms with van der Waals surface area (Å²) >= 11 is 0. The first-order valence-corrected chi connectivity index (χ1v) is 8.97. The largest absolute Gasteiger partial charge is 0.508 e. The quantitative estimate of drug-likeness (QED) is 0.772. The van der Waals surface area contributed by atoms with Crippen LogP contribution >= 0.6 is 0 Å². The van der Waals surface area contributed by atoms with Crippen molar-refractivity contribution in [1.29, 1.82) is 0 Å². The standard InChI is InChI=1S/C22H28O2/c1-15(2)21-14-22(3,17-6-10-19(24)11-7-17)13-12-20(21)16-4-8-18(23)9-5-16/h4-11,15,20-21,23-24H,12-14H2,1-3H3.